The molecule has 1 aromatic rings. The van der Waals surface area contributed by atoms with Crippen molar-refractivity contribution < 1.29 is 19.8 Å². The third-order valence-corrected chi connectivity index (χ3v) is 3.16. The van der Waals surface area contributed by atoms with E-state index in [9.17, 15) is 14.7 Å². The Bertz CT molecular complexity index is 511. The number of nitrogens with one attached hydrogen (secondary N) is 1. The summed E-state index contributed by atoms with van der Waals surface area (Å²) >= 11 is 0. The summed E-state index contributed by atoms with van der Waals surface area (Å²) in [6.07, 6.45) is 2.37. The quantitative estimate of drug-likeness (QED) is 0.637. The molecule has 1 aliphatic carbocycles. The minimum absolute atomic E-state index is 0.133. The fraction of sp³-hybridized carbons (Fsp3) is 0.385. The van der Waals surface area contributed by atoms with Crippen LogP contribution in [0, 0.1) is 5.92 Å². The van der Waals surface area contributed by atoms with Gasteiger partial charge in [0.25, 0.3) is 0 Å². The fourth-order valence-electron chi connectivity index (χ4n) is 1.91. The number of phenols is 1. The number of hydrogen-bond donors (Lipinski definition) is 4. The van der Waals surface area contributed by atoms with Crippen LogP contribution in [0.2, 0.25) is 0 Å². The predicted molar refractivity (Wildman–Crippen MR) is 69.0 cm³/mol. The van der Waals surface area contributed by atoms with Crippen LogP contribution in [0.15, 0.2) is 18.2 Å². The Morgan fingerprint density at radius 3 is 2.63 bits per heavy atom. The van der Waals surface area contributed by atoms with Crippen LogP contribution in [0.3, 0.4) is 0 Å². The van der Waals surface area contributed by atoms with Gasteiger partial charge in [-0.3, -0.25) is 4.79 Å². The van der Waals surface area contributed by atoms with Crippen LogP contribution < -0.4 is 11.1 Å². The highest BCUT2D eigenvalue weighted by molar-refractivity contribution is 5.94. The van der Waals surface area contributed by atoms with Crippen molar-refractivity contribution in [1.29, 1.82) is 0 Å². The molecule has 0 aromatic heterocycles. The van der Waals surface area contributed by atoms with Crippen LogP contribution in [0.4, 0.5) is 5.69 Å². The number of anilines is 1. The molecule has 1 unspecified atom stereocenters. The van der Waals surface area contributed by atoms with Gasteiger partial charge in [-0.15, -0.1) is 0 Å². The standard InChI is InChI=1S/C13H16N2O4/c14-10(7-1-2-7)6-12(17)15-8-3-4-9(13(18)19)11(16)5-8/h3-5,7,10,16H,1-2,6,14H2,(H,15,17)(H,18,19). The zero-order valence-electron chi connectivity index (χ0n) is 10.3. The number of aromatic carboxylic acids is 1. The van der Waals surface area contributed by atoms with Gasteiger partial charge >= 0.3 is 5.97 Å². The van der Waals surface area contributed by atoms with Crippen LogP contribution >= 0.6 is 0 Å². The summed E-state index contributed by atoms with van der Waals surface area (Å²) in [5.41, 5.74) is 6.00. The molecule has 6 nitrogen and oxygen atoms in total. The van der Waals surface area contributed by atoms with Crippen molar-refractivity contribution in [2.75, 3.05) is 5.32 Å². The Balaban J connectivity index is 1.96. The SMILES string of the molecule is NC(CC(=O)Nc1ccc(C(=O)O)c(O)c1)C1CC1. The summed E-state index contributed by atoms with van der Waals surface area (Å²) in [6.45, 7) is 0. The van der Waals surface area contributed by atoms with Crippen molar-refractivity contribution in [2.45, 2.75) is 25.3 Å². The highest BCUT2D eigenvalue weighted by atomic mass is 16.4. The van der Waals surface area contributed by atoms with Gasteiger partial charge in [-0.1, -0.05) is 0 Å². The monoisotopic (exact) mass is 264 g/mol. The number of amides is 1. The van der Waals surface area contributed by atoms with E-state index in [4.69, 9.17) is 10.8 Å². The van der Waals surface area contributed by atoms with E-state index in [-0.39, 0.29) is 29.7 Å². The highest BCUT2D eigenvalue weighted by Gasteiger charge is 2.29. The smallest absolute Gasteiger partial charge is 0.339 e. The number of aromatic hydroxyl groups is 1. The molecule has 1 aromatic carbocycles. The van der Waals surface area contributed by atoms with Gasteiger partial charge < -0.3 is 21.3 Å². The number of benzene rings is 1. The maximum atomic E-state index is 11.7. The van der Waals surface area contributed by atoms with Crippen LogP contribution in [-0.4, -0.2) is 28.1 Å². The Kier molecular flexibility index (Phi) is 3.71. The summed E-state index contributed by atoms with van der Waals surface area (Å²) in [4.78, 5) is 22.4. The molecule has 6 heteroatoms. The summed E-state index contributed by atoms with van der Waals surface area (Å²) in [7, 11) is 0. The second-order valence-electron chi connectivity index (χ2n) is 4.79. The average Bonchev–Trinajstić information content (AvgIpc) is 3.11. The third kappa shape index (κ3) is 3.45. The minimum atomic E-state index is -1.22. The zero-order valence-corrected chi connectivity index (χ0v) is 10.3. The summed E-state index contributed by atoms with van der Waals surface area (Å²) in [5, 5.41) is 20.9. The first-order valence-corrected chi connectivity index (χ1v) is 6.09. The molecule has 1 amide bonds. The van der Waals surface area contributed by atoms with Gasteiger partial charge in [-0.05, 0) is 30.9 Å². The molecular weight excluding hydrogens is 248 g/mol. The van der Waals surface area contributed by atoms with E-state index in [1.54, 1.807) is 0 Å². The molecule has 19 heavy (non-hydrogen) atoms. The van der Waals surface area contributed by atoms with Gasteiger partial charge in [-0.2, -0.15) is 0 Å². The van der Waals surface area contributed by atoms with Crippen molar-refractivity contribution in [3.63, 3.8) is 0 Å². The van der Waals surface area contributed by atoms with Crippen molar-refractivity contribution in [3.05, 3.63) is 23.8 Å². The Labute approximate surface area is 110 Å². The molecule has 1 saturated carbocycles. The van der Waals surface area contributed by atoms with Gasteiger partial charge in [0, 0.05) is 24.2 Å². The van der Waals surface area contributed by atoms with Gasteiger partial charge in [0.2, 0.25) is 5.91 Å². The number of carboxylic acid groups (broad SMARTS) is 1. The number of nitrogens with two attached hydrogens (primary N) is 1. The first kappa shape index (κ1) is 13.4. The average molecular weight is 264 g/mol. The molecular formula is C13H16N2O4. The normalized spacial score (nSPS) is 15.8. The molecule has 5 N–H and O–H groups in total. The molecule has 1 fully saturated rings. The molecule has 1 aliphatic rings. The molecule has 0 bridgehead atoms. The van der Waals surface area contributed by atoms with Crippen LogP contribution in [-0.2, 0) is 4.79 Å². The van der Waals surface area contributed by atoms with Crippen molar-refractivity contribution in [2.24, 2.45) is 11.7 Å². The van der Waals surface area contributed by atoms with Crippen LogP contribution in [0.1, 0.15) is 29.6 Å². The second-order valence-corrected chi connectivity index (χ2v) is 4.79. The fourth-order valence-corrected chi connectivity index (χ4v) is 1.91. The second kappa shape index (κ2) is 5.27. The van der Waals surface area contributed by atoms with E-state index in [2.05, 4.69) is 5.32 Å². The molecule has 0 spiro atoms. The number of rotatable bonds is 5. The lowest BCUT2D eigenvalue weighted by Gasteiger charge is -2.11. The summed E-state index contributed by atoms with van der Waals surface area (Å²) in [5.74, 6) is -1.39. The van der Waals surface area contributed by atoms with Crippen molar-refractivity contribution in [1.82, 2.24) is 0 Å². The highest BCUT2D eigenvalue weighted by Crippen LogP contribution is 2.33. The number of hydrogen-bond acceptors (Lipinski definition) is 4. The Morgan fingerprint density at radius 1 is 1.42 bits per heavy atom. The lowest BCUT2D eigenvalue weighted by molar-refractivity contribution is -0.116. The van der Waals surface area contributed by atoms with Crippen LogP contribution in [0.25, 0.3) is 0 Å². The number of carbonyl (C=O) groups is 2. The number of carbonyl (C=O) groups excluding carboxylic acids is 1. The minimum Gasteiger partial charge on any atom is -0.507 e. The molecule has 1 atom stereocenters. The van der Waals surface area contributed by atoms with Crippen molar-refractivity contribution >= 4 is 17.6 Å². The lowest BCUT2D eigenvalue weighted by Crippen LogP contribution is -2.28. The topological polar surface area (TPSA) is 113 Å². The predicted octanol–water partition coefficient (Wildman–Crippen LogP) is 1.16. The first-order chi connectivity index (χ1) is 8.97. The maximum Gasteiger partial charge on any atom is 0.339 e. The zero-order chi connectivity index (χ0) is 14.0. The molecule has 102 valence electrons. The summed E-state index contributed by atoms with van der Waals surface area (Å²) in [6, 6.07) is 3.76. The van der Waals surface area contributed by atoms with Gasteiger partial charge in [0.1, 0.15) is 11.3 Å². The lowest BCUT2D eigenvalue weighted by atomic mass is 10.1. The van der Waals surface area contributed by atoms with E-state index in [1.807, 2.05) is 0 Å². The van der Waals surface area contributed by atoms with Gasteiger partial charge in [0.15, 0.2) is 0 Å². The molecule has 2 rings (SSSR count). The maximum absolute atomic E-state index is 11.7. The van der Waals surface area contributed by atoms with Gasteiger partial charge in [-0.25, -0.2) is 4.79 Å². The van der Waals surface area contributed by atoms with E-state index in [1.165, 1.54) is 18.2 Å². The van der Waals surface area contributed by atoms with E-state index < -0.39 is 5.97 Å². The van der Waals surface area contributed by atoms with E-state index in [0.29, 0.717) is 11.6 Å². The molecule has 0 heterocycles. The van der Waals surface area contributed by atoms with E-state index >= 15 is 0 Å². The number of carboxylic acids is 1. The largest absolute Gasteiger partial charge is 0.507 e. The Hall–Kier alpha value is -2.08. The van der Waals surface area contributed by atoms with Gasteiger partial charge in [0.05, 0.1) is 0 Å². The third-order valence-electron chi connectivity index (χ3n) is 3.16. The first-order valence-electron chi connectivity index (χ1n) is 6.09. The van der Waals surface area contributed by atoms with Crippen LogP contribution in [0.5, 0.6) is 5.75 Å². The summed E-state index contributed by atoms with van der Waals surface area (Å²) < 4.78 is 0. The molecule has 0 saturated heterocycles. The molecule has 0 radical (unpaired) electrons. The van der Waals surface area contributed by atoms with Crippen molar-refractivity contribution in [3.8, 4) is 5.75 Å². The molecule has 0 aliphatic heterocycles. The Morgan fingerprint density at radius 2 is 2.11 bits per heavy atom. The van der Waals surface area contributed by atoms with E-state index in [0.717, 1.165) is 12.8 Å².